The lowest BCUT2D eigenvalue weighted by Gasteiger charge is -2.11. The van der Waals surface area contributed by atoms with E-state index in [0.717, 1.165) is 28.3 Å². The summed E-state index contributed by atoms with van der Waals surface area (Å²) in [6, 6.07) is 0. The third-order valence-corrected chi connectivity index (χ3v) is 3.62. The van der Waals surface area contributed by atoms with Crippen molar-refractivity contribution in [2.75, 3.05) is 7.05 Å². The molecule has 2 aromatic heterocycles. The van der Waals surface area contributed by atoms with Gasteiger partial charge in [-0.05, 0) is 26.8 Å². The van der Waals surface area contributed by atoms with Gasteiger partial charge in [0.25, 0.3) is 0 Å². The highest BCUT2D eigenvalue weighted by Gasteiger charge is 2.29. The Balaban J connectivity index is 1.57. The zero-order valence-electron chi connectivity index (χ0n) is 10.5. The van der Waals surface area contributed by atoms with Crippen molar-refractivity contribution in [1.29, 1.82) is 0 Å². The summed E-state index contributed by atoms with van der Waals surface area (Å²) in [5.74, 6) is 2.06. The van der Waals surface area contributed by atoms with Gasteiger partial charge in [0.1, 0.15) is 10.0 Å². The summed E-state index contributed by atoms with van der Waals surface area (Å²) in [7, 11) is 2.02. The van der Waals surface area contributed by atoms with Crippen LogP contribution in [0.3, 0.4) is 0 Å². The van der Waals surface area contributed by atoms with Crippen LogP contribution in [0.2, 0.25) is 0 Å². The normalized spacial score (nSPS) is 15.5. The van der Waals surface area contributed by atoms with Gasteiger partial charge in [-0.3, -0.25) is 4.90 Å². The second-order valence-corrected chi connectivity index (χ2v) is 5.98. The average Bonchev–Trinajstić information content (AvgIpc) is 2.95. The number of hydrogen-bond acceptors (Lipinski definition) is 7. The molecule has 0 unspecified atom stereocenters. The Hall–Kier alpha value is -1.34. The molecule has 6 nitrogen and oxygen atoms in total. The van der Waals surface area contributed by atoms with Crippen molar-refractivity contribution in [1.82, 2.24) is 25.2 Å². The molecule has 1 aliphatic carbocycles. The maximum Gasteiger partial charge on any atom is 0.229 e. The van der Waals surface area contributed by atoms with Crippen LogP contribution in [0.5, 0.6) is 0 Å². The minimum Gasteiger partial charge on any atom is -0.339 e. The highest BCUT2D eigenvalue weighted by Crippen LogP contribution is 2.38. The van der Waals surface area contributed by atoms with Crippen molar-refractivity contribution in [2.45, 2.75) is 38.8 Å². The minimum atomic E-state index is 0.516. The Morgan fingerprint density at radius 3 is 2.83 bits per heavy atom. The maximum absolute atomic E-state index is 5.23. The van der Waals surface area contributed by atoms with Crippen molar-refractivity contribution in [3.05, 3.63) is 21.7 Å². The highest BCUT2D eigenvalue weighted by atomic mass is 32.1. The summed E-state index contributed by atoms with van der Waals surface area (Å²) in [4.78, 5) is 6.52. The van der Waals surface area contributed by atoms with Gasteiger partial charge in [-0.15, -0.1) is 21.5 Å². The second kappa shape index (κ2) is 4.74. The van der Waals surface area contributed by atoms with Crippen LogP contribution in [-0.2, 0) is 13.1 Å². The Morgan fingerprint density at radius 1 is 1.33 bits per heavy atom. The van der Waals surface area contributed by atoms with Crippen LogP contribution in [-0.4, -0.2) is 32.3 Å². The van der Waals surface area contributed by atoms with Gasteiger partial charge in [-0.1, -0.05) is 5.16 Å². The summed E-state index contributed by atoms with van der Waals surface area (Å²) in [5, 5.41) is 14.1. The van der Waals surface area contributed by atoms with Crippen LogP contribution in [0, 0.1) is 6.92 Å². The number of rotatable bonds is 5. The molecular weight excluding hydrogens is 250 g/mol. The van der Waals surface area contributed by atoms with Crippen molar-refractivity contribution in [3.63, 3.8) is 0 Å². The van der Waals surface area contributed by atoms with Crippen LogP contribution in [0.1, 0.15) is 40.5 Å². The molecule has 0 N–H and O–H groups in total. The summed E-state index contributed by atoms with van der Waals surface area (Å²) >= 11 is 1.62. The van der Waals surface area contributed by atoms with Crippen molar-refractivity contribution in [2.24, 2.45) is 0 Å². The van der Waals surface area contributed by atoms with E-state index in [4.69, 9.17) is 4.52 Å². The maximum atomic E-state index is 5.23. The van der Waals surface area contributed by atoms with Gasteiger partial charge in [-0.2, -0.15) is 4.98 Å². The van der Waals surface area contributed by atoms with Gasteiger partial charge >= 0.3 is 0 Å². The van der Waals surface area contributed by atoms with Crippen LogP contribution >= 0.6 is 11.3 Å². The number of hydrogen-bond donors (Lipinski definition) is 0. The molecule has 0 saturated heterocycles. The van der Waals surface area contributed by atoms with Crippen LogP contribution in [0.25, 0.3) is 0 Å². The fourth-order valence-corrected chi connectivity index (χ4v) is 2.55. The zero-order chi connectivity index (χ0) is 12.5. The van der Waals surface area contributed by atoms with E-state index in [1.54, 1.807) is 11.3 Å². The molecule has 0 bridgehead atoms. The topological polar surface area (TPSA) is 67.9 Å². The van der Waals surface area contributed by atoms with Crippen LogP contribution < -0.4 is 0 Å². The molecule has 0 spiro atoms. The monoisotopic (exact) mass is 265 g/mol. The Bertz CT molecular complexity index is 533. The molecule has 1 fully saturated rings. The Morgan fingerprint density at radius 2 is 2.17 bits per heavy atom. The van der Waals surface area contributed by atoms with Gasteiger partial charge in [0.15, 0.2) is 5.82 Å². The smallest absolute Gasteiger partial charge is 0.229 e. The molecule has 3 rings (SSSR count). The van der Waals surface area contributed by atoms with Crippen molar-refractivity contribution < 1.29 is 4.52 Å². The van der Waals surface area contributed by atoms with Gasteiger partial charge in [-0.25, -0.2) is 0 Å². The molecule has 0 aliphatic heterocycles. The van der Waals surface area contributed by atoms with Crippen LogP contribution in [0.4, 0.5) is 0 Å². The highest BCUT2D eigenvalue weighted by molar-refractivity contribution is 7.11. The first-order valence-corrected chi connectivity index (χ1v) is 6.82. The molecule has 0 amide bonds. The molecule has 2 aromatic rings. The molecule has 0 radical (unpaired) electrons. The third-order valence-electron chi connectivity index (χ3n) is 2.79. The first-order valence-electron chi connectivity index (χ1n) is 6.00. The second-order valence-electron chi connectivity index (χ2n) is 4.71. The molecule has 7 heteroatoms. The zero-order valence-corrected chi connectivity index (χ0v) is 11.3. The van der Waals surface area contributed by atoms with E-state index in [-0.39, 0.29) is 0 Å². The predicted molar refractivity (Wildman–Crippen MR) is 66.1 cm³/mol. The number of nitrogens with zero attached hydrogens (tertiary/aromatic N) is 5. The molecule has 1 aliphatic rings. The lowest BCUT2D eigenvalue weighted by molar-refractivity contribution is 0.298. The van der Waals surface area contributed by atoms with E-state index in [0.29, 0.717) is 12.5 Å². The van der Waals surface area contributed by atoms with Gasteiger partial charge < -0.3 is 4.52 Å². The minimum absolute atomic E-state index is 0.516. The molecule has 2 heterocycles. The lowest BCUT2D eigenvalue weighted by Crippen LogP contribution is -2.18. The fourth-order valence-electron chi connectivity index (χ4n) is 1.76. The van der Waals surface area contributed by atoms with Gasteiger partial charge in [0, 0.05) is 5.92 Å². The number of aryl methyl sites for hydroxylation is 1. The molecule has 18 heavy (non-hydrogen) atoms. The predicted octanol–water partition coefficient (Wildman–Crippen LogP) is 1.74. The Labute approximate surface area is 109 Å². The van der Waals surface area contributed by atoms with Crippen molar-refractivity contribution >= 4 is 11.3 Å². The Kier molecular flexibility index (Phi) is 3.09. The summed E-state index contributed by atoms with van der Waals surface area (Å²) in [5.41, 5.74) is 0. The summed E-state index contributed by atoms with van der Waals surface area (Å²) < 4.78 is 5.23. The molecule has 1 saturated carbocycles. The van der Waals surface area contributed by atoms with E-state index in [9.17, 15) is 0 Å². The van der Waals surface area contributed by atoms with Gasteiger partial charge in [0.2, 0.25) is 5.89 Å². The summed E-state index contributed by atoms with van der Waals surface area (Å²) in [6.45, 7) is 3.40. The fraction of sp³-hybridized carbons (Fsp3) is 0.636. The summed E-state index contributed by atoms with van der Waals surface area (Å²) in [6.07, 6.45) is 2.36. The molecule has 0 atom stereocenters. The largest absolute Gasteiger partial charge is 0.339 e. The average molecular weight is 265 g/mol. The quantitative estimate of drug-likeness (QED) is 0.820. The molecule has 0 aromatic carbocycles. The van der Waals surface area contributed by atoms with E-state index in [2.05, 4.69) is 25.2 Å². The van der Waals surface area contributed by atoms with Gasteiger partial charge in [0.05, 0.1) is 13.1 Å². The third kappa shape index (κ3) is 2.73. The molecular formula is C11H15N5OS. The standard InChI is InChI=1S/C11H15N5OS/c1-7-13-14-10(18-7)6-16(2)5-9-12-11(17-15-9)8-3-4-8/h8H,3-6H2,1-2H3. The van der Waals surface area contributed by atoms with E-state index in [1.165, 1.54) is 12.8 Å². The first kappa shape index (κ1) is 11.7. The van der Waals surface area contributed by atoms with Crippen molar-refractivity contribution in [3.8, 4) is 0 Å². The lowest BCUT2D eigenvalue weighted by atomic mass is 10.4. The van der Waals surface area contributed by atoms with Crippen LogP contribution in [0.15, 0.2) is 4.52 Å². The SMILES string of the molecule is Cc1nnc(CN(C)Cc2noc(C3CC3)n2)s1. The molecule has 96 valence electrons. The first-order chi connectivity index (χ1) is 8.70. The number of aromatic nitrogens is 4. The van der Waals surface area contributed by atoms with E-state index >= 15 is 0 Å². The van der Waals surface area contributed by atoms with E-state index < -0.39 is 0 Å². The van der Waals surface area contributed by atoms with E-state index in [1.807, 2.05) is 14.0 Å².